The Morgan fingerprint density at radius 3 is 2.50 bits per heavy atom. The standard InChI is InChI=1S/C23H24N2O2S/c1-12(2)13-5-7-14(8-6-13)20(27)21-19(24)16-9-15-17(25-22(16)28-21)10-23(3,4)11-18(15)26/h5-9,12H,10-11,24H2,1-4H3. The van der Waals surface area contributed by atoms with Gasteiger partial charge in [-0.05, 0) is 29.4 Å². The van der Waals surface area contributed by atoms with Gasteiger partial charge in [0, 0.05) is 22.9 Å². The molecule has 5 heteroatoms. The van der Waals surface area contributed by atoms with Gasteiger partial charge in [-0.2, -0.15) is 0 Å². The maximum atomic E-state index is 13.0. The molecule has 2 aromatic heterocycles. The molecule has 0 spiro atoms. The van der Waals surface area contributed by atoms with E-state index in [1.54, 1.807) is 0 Å². The van der Waals surface area contributed by atoms with Crippen LogP contribution in [0.1, 0.15) is 76.9 Å². The Bertz CT molecular complexity index is 1110. The second kappa shape index (κ2) is 6.52. The van der Waals surface area contributed by atoms with Crippen molar-refractivity contribution in [1.29, 1.82) is 0 Å². The number of nitrogens with two attached hydrogens (primary N) is 1. The van der Waals surface area contributed by atoms with E-state index in [2.05, 4.69) is 27.7 Å². The molecule has 144 valence electrons. The van der Waals surface area contributed by atoms with Crippen molar-refractivity contribution in [2.75, 3.05) is 5.73 Å². The number of hydrogen-bond donors (Lipinski definition) is 1. The third-order valence-electron chi connectivity index (χ3n) is 5.43. The van der Waals surface area contributed by atoms with Gasteiger partial charge < -0.3 is 5.73 Å². The maximum Gasteiger partial charge on any atom is 0.205 e. The molecule has 2 heterocycles. The van der Waals surface area contributed by atoms with Crippen LogP contribution in [0.3, 0.4) is 0 Å². The molecule has 3 aromatic rings. The van der Waals surface area contributed by atoms with E-state index in [-0.39, 0.29) is 17.0 Å². The number of benzene rings is 1. The van der Waals surface area contributed by atoms with Gasteiger partial charge in [0.05, 0.1) is 11.4 Å². The number of hydrogen-bond acceptors (Lipinski definition) is 5. The van der Waals surface area contributed by atoms with Gasteiger partial charge in [0.1, 0.15) is 9.71 Å². The molecule has 0 radical (unpaired) electrons. The minimum Gasteiger partial charge on any atom is -0.397 e. The summed E-state index contributed by atoms with van der Waals surface area (Å²) in [4.78, 5) is 31.5. The van der Waals surface area contributed by atoms with Gasteiger partial charge in [0.15, 0.2) is 5.78 Å². The molecule has 0 amide bonds. The lowest BCUT2D eigenvalue weighted by Crippen LogP contribution is -2.27. The van der Waals surface area contributed by atoms with Gasteiger partial charge in [0.2, 0.25) is 5.78 Å². The summed E-state index contributed by atoms with van der Waals surface area (Å²) >= 11 is 1.31. The number of carbonyl (C=O) groups excluding carboxylic acids is 2. The summed E-state index contributed by atoms with van der Waals surface area (Å²) in [5.41, 5.74) is 9.93. The van der Waals surface area contributed by atoms with E-state index in [4.69, 9.17) is 10.7 Å². The van der Waals surface area contributed by atoms with Crippen LogP contribution in [0.4, 0.5) is 5.69 Å². The zero-order valence-electron chi connectivity index (χ0n) is 16.6. The number of nitrogen functional groups attached to an aromatic ring is 1. The summed E-state index contributed by atoms with van der Waals surface area (Å²) in [5, 5.41) is 0.707. The molecule has 0 atom stereocenters. The molecule has 0 fully saturated rings. The van der Waals surface area contributed by atoms with Crippen LogP contribution in [0.5, 0.6) is 0 Å². The van der Waals surface area contributed by atoms with Gasteiger partial charge in [-0.25, -0.2) is 4.98 Å². The van der Waals surface area contributed by atoms with Crippen LogP contribution in [-0.2, 0) is 6.42 Å². The normalized spacial score (nSPS) is 15.8. The molecule has 1 aliphatic carbocycles. The molecule has 1 aliphatic rings. The highest BCUT2D eigenvalue weighted by atomic mass is 32.1. The topological polar surface area (TPSA) is 73.1 Å². The summed E-state index contributed by atoms with van der Waals surface area (Å²) in [6.45, 7) is 8.41. The highest BCUT2D eigenvalue weighted by molar-refractivity contribution is 7.21. The van der Waals surface area contributed by atoms with Crippen LogP contribution >= 0.6 is 11.3 Å². The van der Waals surface area contributed by atoms with Gasteiger partial charge in [0.25, 0.3) is 0 Å². The van der Waals surface area contributed by atoms with Crippen LogP contribution in [-0.4, -0.2) is 16.6 Å². The second-order valence-electron chi connectivity index (χ2n) is 8.73. The number of Topliss-reactive ketones (excluding diaryl/α,β-unsaturated/α-hetero) is 1. The Balaban J connectivity index is 1.77. The van der Waals surface area contributed by atoms with Gasteiger partial charge >= 0.3 is 0 Å². The SMILES string of the molecule is CC(C)c1ccc(C(=O)c2sc3nc4c(cc3c2N)C(=O)CC(C)(C)C4)cc1. The lowest BCUT2D eigenvalue weighted by molar-refractivity contribution is 0.0910. The first-order valence-corrected chi connectivity index (χ1v) is 10.4. The number of rotatable bonds is 3. The number of carbonyl (C=O) groups is 2. The molecule has 4 nitrogen and oxygen atoms in total. The van der Waals surface area contributed by atoms with Crippen molar-refractivity contribution in [3.8, 4) is 0 Å². The van der Waals surface area contributed by atoms with Gasteiger partial charge in [-0.15, -0.1) is 11.3 Å². The van der Waals surface area contributed by atoms with Crippen molar-refractivity contribution >= 4 is 38.8 Å². The fraction of sp³-hybridized carbons (Fsp3) is 0.348. The predicted octanol–water partition coefficient (Wildman–Crippen LogP) is 5.39. The predicted molar refractivity (Wildman–Crippen MR) is 114 cm³/mol. The average molecular weight is 393 g/mol. The molecular weight excluding hydrogens is 368 g/mol. The molecule has 0 bridgehead atoms. The van der Waals surface area contributed by atoms with Crippen molar-refractivity contribution in [3.63, 3.8) is 0 Å². The third kappa shape index (κ3) is 3.14. The minimum atomic E-state index is -0.0968. The molecule has 0 saturated heterocycles. The van der Waals surface area contributed by atoms with E-state index < -0.39 is 0 Å². The summed E-state index contributed by atoms with van der Waals surface area (Å²) in [7, 11) is 0. The lowest BCUT2D eigenvalue weighted by atomic mass is 9.75. The van der Waals surface area contributed by atoms with E-state index in [1.165, 1.54) is 16.9 Å². The van der Waals surface area contributed by atoms with Crippen LogP contribution in [0.15, 0.2) is 30.3 Å². The number of anilines is 1. The number of fused-ring (bicyclic) bond motifs is 2. The first-order chi connectivity index (χ1) is 13.2. The minimum absolute atomic E-state index is 0.0929. The number of pyridine rings is 1. The zero-order chi connectivity index (χ0) is 20.2. The molecule has 2 N–H and O–H groups in total. The summed E-state index contributed by atoms with van der Waals surface area (Å²) in [6, 6.07) is 9.51. The molecule has 0 saturated carbocycles. The number of nitrogens with zero attached hydrogens (tertiary/aromatic N) is 1. The largest absolute Gasteiger partial charge is 0.397 e. The Morgan fingerprint density at radius 1 is 1.18 bits per heavy atom. The molecule has 28 heavy (non-hydrogen) atoms. The van der Waals surface area contributed by atoms with Crippen molar-refractivity contribution in [3.05, 3.63) is 57.6 Å². The monoisotopic (exact) mass is 392 g/mol. The lowest BCUT2D eigenvalue weighted by Gasteiger charge is -2.29. The van der Waals surface area contributed by atoms with E-state index in [0.29, 0.717) is 39.4 Å². The highest BCUT2D eigenvalue weighted by Gasteiger charge is 2.33. The third-order valence-corrected chi connectivity index (χ3v) is 6.55. The van der Waals surface area contributed by atoms with Crippen LogP contribution in [0.2, 0.25) is 0 Å². The smallest absolute Gasteiger partial charge is 0.205 e. The second-order valence-corrected chi connectivity index (χ2v) is 9.73. The van der Waals surface area contributed by atoms with Crippen LogP contribution in [0.25, 0.3) is 10.2 Å². The van der Waals surface area contributed by atoms with E-state index in [0.717, 1.165) is 16.9 Å². The number of aromatic nitrogens is 1. The zero-order valence-corrected chi connectivity index (χ0v) is 17.4. The molecule has 4 rings (SSSR count). The Morgan fingerprint density at radius 2 is 1.86 bits per heavy atom. The maximum absolute atomic E-state index is 13.0. The fourth-order valence-electron chi connectivity index (χ4n) is 3.82. The fourth-order valence-corrected chi connectivity index (χ4v) is 4.88. The molecule has 0 aliphatic heterocycles. The van der Waals surface area contributed by atoms with Crippen molar-refractivity contribution in [1.82, 2.24) is 4.98 Å². The van der Waals surface area contributed by atoms with E-state index >= 15 is 0 Å². The van der Waals surface area contributed by atoms with E-state index in [1.807, 2.05) is 30.3 Å². The first-order valence-electron chi connectivity index (χ1n) is 9.56. The van der Waals surface area contributed by atoms with Crippen LogP contribution in [0, 0.1) is 5.41 Å². The highest BCUT2D eigenvalue weighted by Crippen LogP contribution is 2.39. The summed E-state index contributed by atoms with van der Waals surface area (Å²) < 4.78 is 0. The van der Waals surface area contributed by atoms with E-state index in [9.17, 15) is 9.59 Å². The average Bonchev–Trinajstić information content (AvgIpc) is 2.95. The van der Waals surface area contributed by atoms with Crippen molar-refractivity contribution < 1.29 is 9.59 Å². The molecule has 1 aromatic carbocycles. The van der Waals surface area contributed by atoms with Crippen molar-refractivity contribution in [2.45, 2.75) is 46.5 Å². The van der Waals surface area contributed by atoms with Crippen LogP contribution < -0.4 is 5.73 Å². The summed E-state index contributed by atoms with van der Waals surface area (Å²) in [5.74, 6) is 0.416. The quantitative estimate of drug-likeness (QED) is 0.607. The van der Waals surface area contributed by atoms with Gasteiger partial charge in [-0.1, -0.05) is 52.0 Å². The first kappa shape index (κ1) is 18.8. The summed E-state index contributed by atoms with van der Waals surface area (Å²) in [6.07, 6.45) is 1.26. The van der Waals surface area contributed by atoms with Gasteiger partial charge in [-0.3, -0.25) is 9.59 Å². The Hall–Kier alpha value is -2.53. The Kier molecular flexibility index (Phi) is 4.38. The molecule has 0 unspecified atom stereocenters. The molecular formula is C23H24N2O2S. The number of thiophene rings is 1. The Labute approximate surface area is 168 Å². The number of ketones is 2. The van der Waals surface area contributed by atoms with Crippen molar-refractivity contribution in [2.24, 2.45) is 5.41 Å².